The third-order valence-electron chi connectivity index (χ3n) is 4.38. The summed E-state index contributed by atoms with van der Waals surface area (Å²) in [6.45, 7) is 3.94. The summed E-state index contributed by atoms with van der Waals surface area (Å²) in [7, 11) is 0. The zero-order valence-electron chi connectivity index (χ0n) is 11.7. The molecule has 2 amide bonds. The van der Waals surface area contributed by atoms with Crippen molar-refractivity contribution in [3.8, 4) is 0 Å². The first-order chi connectivity index (χ1) is 9.10. The molecule has 1 aliphatic heterocycles. The summed E-state index contributed by atoms with van der Waals surface area (Å²) < 4.78 is 0. The topological polar surface area (TPSA) is 40.6 Å². The lowest BCUT2D eigenvalue weighted by molar-refractivity contribution is -0.151. The van der Waals surface area contributed by atoms with E-state index in [1.165, 1.54) is 12.8 Å². The summed E-state index contributed by atoms with van der Waals surface area (Å²) in [5.74, 6) is 0.999. The molecule has 1 saturated carbocycles. The zero-order chi connectivity index (χ0) is 13.9. The van der Waals surface area contributed by atoms with Crippen molar-refractivity contribution in [3.05, 3.63) is 0 Å². The Labute approximate surface area is 120 Å². The number of nitrogens with zero attached hydrogens (tertiary/aromatic N) is 2. The zero-order valence-corrected chi connectivity index (χ0v) is 12.6. The van der Waals surface area contributed by atoms with Crippen LogP contribution in [0.3, 0.4) is 0 Å². The highest BCUT2D eigenvalue weighted by molar-refractivity contribution is 7.80. The molecule has 0 aromatic carbocycles. The standard InChI is InChI=1S/C14H24N2O2S/c1-2-7-15-8-13(18)16(9-12(15)17)10-14(11-19)5-3-4-6-14/h19H,2-11H2,1H3. The molecule has 0 aromatic heterocycles. The van der Waals surface area contributed by atoms with E-state index in [-0.39, 0.29) is 30.3 Å². The van der Waals surface area contributed by atoms with Gasteiger partial charge in [0.25, 0.3) is 0 Å². The number of thiol groups is 1. The molecule has 0 unspecified atom stereocenters. The fraction of sp³-hybridized carbons (Fsp3) is 0.857. The predicted molar refractivity (Wildman–Crippen MR) is 78.2 cm³/mol. The molecule has 1 aliphatic carbocycles. The fourth-order valence-corrected chi connectivity index (χ4v) is 3.63. The molecular weight excluding hydrogens is 260 g/mol. The highest BCUT2D eigenvalue weighted by Crippen LogP contribution is 2.39. The largest absolute Gasteiger partial charge is 0.332 e. The molecule has 108 valence electrons. The normalized spacial score (nSPS) is 23.3. The van der Waals surface area contributed by atoms with Crippen molar-refractivity contribution in [2.75, 3.05) is 31.9 Å². The monoisotopic (exact) mass is 284 g/mol. The molecule has 1 heterocycles. The van der Waals surface area contributed by atoms with Crippen molar-refractivity contribution >= 4 is 24.4 Å². The van der Waals surface area contributed by atoms with E-state index in [9.17, 15) is 9.59 Å². The van der Waals surface area contributed by atoms with Crippen LogP contribution in [0.4, 0.5) is 0 Å². The van der Waals surface area contributed by atoms with Gasteiger partial charge in [0, 0.05) is 13.1 Å². The summed E-state index contributed by atoms with van der Waals surface area (Å²) in [5.41, 5.74) is 0.145. The van der Waals surface area contributed by atoms with Gasteiger partial charge in [0.1, 0.15) is 0 Å². The second-order valence-electron chi connectivity index (χ2n) is 5.93. The Balaban J connectivity index is 1.98. The van der Waals surface area contributed by atoms with Gasteiger partial charge in [-0.1, -0.05) is 19.8 Å². The Kier molecular flexibility index (Phi) is 4.76. The Bertz CT molecular complexity index is 353. The van der Waals surface area contributed by atoms with Gasteiger partial charge in [-0.05, 0) is 30.4 Å². The lowest BCUT2D eigenvalue weighted by atomic mass is 9.87. The van der Waals surface area contributed by atoms with Crippen LogP contribution in [-0.2, 0) is 9.59 Å². The van der Waals surface area contributed by atoms with Crippen LogP contribution in [0.25, 0.3) is 0 Å². The molecule has 2 rings (SSSR count). The van der Waals surface area contributed by atoms with Gasteiger partial charge in [-0.3, -0.25) is 9.59 Å². The maximum absolute atomic E-state index is 12.2. The van der Waals surface area contributed by atoms with Crippen LogP contribution in [0.1, 0.15) is 39.0 Å². The van der Waals surface area contributed by atoms with Crippen molar-refractivity contribution in [1.82, 2.24) is 9.80 Å². The maximum Gasteiger partial charge on any atom is 0.242 e. The third-order valence-corrected chi connectivity index (χ3v) is 5.05. The van der Waals surface area contributed by atoms with E-state index in [0.29, 0.717) is 13.1 Å². The number of hydrogen-bond donors (Lipinski definition) is 1. The molecule has 0 N–H and O–H groups in total. The molecule has 0 bridgehead atoms. The minimum absolute atomic E-state index is 0.0914. The Morgan fingerprint density at radius 1 is 1.11 bits per heavy atom. The van der Waals surface area contributed by atoms with E-state index >= 15 is 0 Å². The molecule has 5 heteroatoms. The predicted octanol–water partition coefficient (Wildman–Crippen LogP) is 1.56. The van der Waals surface area contributed by atoms with Gasteiger partial charge in [-0.15, -0.1) is 0 Å². The van der Waals surface area contributed by atoms with Crippen molar-refractivity contribution < 1.29 is 9.59 Å². The van der Waals surface area contributed by atoms with Gasteiger partial charge in [0.15, 0.2) is 0 Å². The van der Waals surface area contributed by atoms with Crippen LogP contribution in [0.15, 0.2) is 0 Å². The van der Waals surface area contributed by atoms with E-state index in [0.717, 1.165) is 25.0 Å². The van der Waals surface area contributed by atoms with Crippen molar-refractivity contribution in [2.45, 2.75) is 39.0 Å². The van der Waals surface area contributed by atoms with Crippen molar-refractivity contribution in [2.24, 2.45) is 5.41 Å². The summed E-state index contributed by atoms with van der Waals surface area (Å²) in [6, 6.07) is 0. The van der Waals surface area contributed by atoms with Gasteiger partial charge in [-0.25, -0.2) is 0 Å². The van der Waals surface area contributed by atoms with E-state index in [4.69, 9.17) is 0 Å². The first-order valence-corrected chi connectivity index (χ1v) is 7.90. The minimum Gasteiger partial charge on any atom is -0.332 e. The first kappa shape index (κ1) is 14.7. The molecule has 0 spiro atoms. The quantitative estimate of drug-likeness (QED) is 0.778. The van der Waals surface area contributed by atoms with Gasteiger partial charge in [0.2, 0.25) is 11.8 Å². The second-order valence-corrected chi connectivity index (χ2v) is 6.25. The van der Waals surface area contributed by atoms with Crippen molar-refractivity contribution in [3.63, 3.8) is 0 Å². The average Bonchev–Trinajstić information content (AvgIpc) is 2.85. The maximum atomic E-state index is 12.2. The van der Waals surface area contributed by atoms with Crippen LogP contribution < -0.4 is 0 Å². The second kappa shape index (κ2) is 6.16. The molecule has 19 heavy (non-hydrogen) atoms. The summed E-state index contributed by atoms with van der Waals surface area (Å²) >= 11 is 4.47. The van der Waals surface area contributed by atoms with E-state index < -0.39 is 0 Å². The van der Waals surface area contributed by atoms with E-state index in [1.54, 1.807) is 9.80 Å². The molecule has 0 radical (unpaired) electrons. The van der Waals surface area contributed by atoms with Gasteiger partial charge in [0.05, 0.1) is 13.1 Å². The number of hydrogen-bond acceptors (Lipinski definition) is 3. The SMILES string of the molecule is CCCN1CC(=O)N(CC2(CS)CCCC2)CC1=O. The van der Waals surface area contributed by atoms with Gasteiger partial charge >= 0.3 is 0 Å². The van der Waals surface area contributed by atoms with Crippen molar-refractivity contribution in [1.29, 1.82) is 0 Å². The van der Waals surface area contributed by atoms with Crippen LogP contribution >= 0.6 is 12.6 Å². The Morgan fingerprint density at radius 2 is 1.68 bits per heavy atom. The summed E-state index contributed by atoms with van der Waals surface area (Å²) in [5, 5.41) is 0. The number of amides is 2. The van der Waals surface area contributed by atoms with Crippen LogP contribution in [0.5, 0.6) is 0 Å². The smallest absolute Gasteiger partial charge is 0.242 e. The number of piperazine rings is 1. The molecule has 4 nitrogen and oxygen atoms in total. The molecule has 0 atom stereocenters. The number of carbonyl (C=O) groups is 2. The highest BCUT2D eigenvalue weighted by atomic mass is 32.1. The highest BCUT2D eigenvalue weighted by Gasteiger charge is 2.38. The minimum atomic E-state index is 0.0914. The van der Waals surface area contributed by atoms with Crippen LogP contribution in [0.2, 0.25) is 0 Å². The third kappa shape index (κ3) is 3.25. The van der Waals surface area contributed by atoms with Gasteiger partial charge in [-0.2, -0.15) is 12.6 Å². The first-order valence-electron chi connectivity index (χ1n) is 7.27. The molecule has 0 aromatic rings. The Hall–Kier alpha value is -0.710. The lowest BCUT2D eigenvalue weighted by Gasteiger charge is -2.39. The molecular formula is C14H24N2O2S. The number of rotatable bonds is 5. The van der Waals surface area contributed by atoms with Gasteiger partial charge < -0.3 is 9.80 Å². The summed E-state index contributed by atoms with van der Waals surface area (Å²) in [4.78, 5) is 27.6. The average molecular weight is 284 g/mol. The van der Waals surface area contributed by atoms with E-state index in [2.05, 4.69) is 12.6 Å². The molecule has 2 fully saturated rings. The van der Waals surface area contributed by atoms with Crippen LogP contribution in [0, 0.1) is 5.41 Å². The van der Waals surface area contributed by atoms with E-state index in [1.807, 2.05) is 6.92 Å². The lowest BCUT2D eigenvalue weighted by Crippen LogP contribution is -2.56. The van der Waals surface area contributed by atoms with Crippen LogP contribution in [-0.4, -0.2) is 53.5 Å². The fourth-order valence-electron chi connectivity index (χ4n) is 3.22. The Morgan fingerprint density at radius 3 is 2.26 bits per heavy atom. The number of carbonyl (C=O) groups excluding carboxylic acids is 2. The summed E-state index contributed by atoms with van der Waals surface area (Å²) in [6.07, 6.45) is 5.61. The molecule has 1 saturated heterocycles. The molecule has 2 aliphatic rings.